The smallest absolute Gasteiger partial charge is 0.248 e. The summed E-state index contributed by atoms with van der Waals surface area (Å²) >= 11 is 0. The summed E-state index contributed by atoms with van der Waals surface area (Å²) in [6.07, 6.45) is 6.37. The fourth-order valence-electron chi connectivity index (χ4n) is 5.65. The van der Waals surface area contributed by atoms with Crippen molar-refractivity contribution in [2.24, 2.45) is 10.8 Å². The number of carbonyl (C=O) groups excluding carboxylic acids is 2. The van der Waals surface area contributed by atoms with Gasteiger partial charge in [-0.05, 0) is 30.9 Å². The molecule has 4 rings (SSSR count). The van der Waals surface area contributed by atoms with E-state index in [1.165, 1.54) is 5.56 Å². The van der Waals surface area contributed by atoms with Crippen molar-refractivity contribution in [3.8, 4) is 0 Å². The molecule has 7 heteroatoms. The Bertz CT molecular complexity index is 732. The molecule has 2 amide bonds. The highest BCUT2D eigenvalue weighted by molar-refractivity contribution is 5.86. The second-order valence-corrected chi connectivity index (χ2v) is 8.66. The Morgan fingerprint density at radius 3 is 2.61 bits per heavy atom. The lowest BCUT2D eigenvalue weighted by atomic mass is 9.60. The van der Waals surface area contributed by atoms with Gasteiger partial charge in [-0.25, -0.2) is 0 Å². The number of amides is 2. The van der Waals surface area contributed by atoms with E-state index in [-0.39, 0.29) is 29.3 Å². The summed E-state index contributed by atoms with van der Waals surface area (Å²) in [5, 5.41) is 0. The summed E-state index contributed by atoms with van der Waals surface area (Å²) in [5.74, 6) is 0.337. The predicted molar refractivity (Wildman–Crippen MR) is 104 cm³/mol. The number of hydrogen-bond donors (Lipinski definition) is 0. The minimum atomic E-state index is -0.319. The van der Waals surface area contributed by atoms with Gasteiger partial charge in [0.2, 0.25) is 11.8 Å². The molecule has 2 spiro atoms. The summed E-state index contributed by atoms with van der Waals surface area (Å²) in [6.45, 7) is 4.91. The van der Waals surface area contributed by atoms with Crippen LogP contribution >= 0.6 is 0 Å². The maximum Gasteiger partial charge on any atom is 0.248 e. The predicted octanol–water partition coefficient (Wildman–Crippen LogP) is 1.00. The maximum absolute atomic E-state index is 13.3. The van der Waals surface area contributed by atoms with E-state index in [2.05, 4.69) is 16.0 Å². The van der Waals surface area contributed by atoms with Crippen molar-refractivity contribution in [2.75, 3.05) is 53.5 Å². The van der Waals surface area contributed by atoms with Crippen LogP contribution in [0.2, 0.25) is 0 Å². The minimum absolute atomic E-state index is 0.0477. The van der Waals surface area contributed by atoms with Crippen molar-refractivity contribution in [1.29, 1.82) is 0 Å². The van der Waals surface area contributed by atoms with Crippen LogP contribution in [-0.2, 0) is 20.9 Å². The number of carbonyl (C=O) groups is 2. The fourth-order valence-corrected chi connectivity index (χ4v) is 5.65. The Morgan fingerprint density at radius 1 is 1.21 bits per heavy atom. The number of piperidine rings is 1. The van der Waals surface area contributed by atoms with Crippen molar-refractivity contribution in [3.63, 3.8) is 0 Å². The van der Waals surface area contributed by atoms with Crippen LogP contribution in [-0.4, -0.2) is 85.0 Å². The number of ether oxygens (including phenoxy) is 1. The number of aromatic nitrogens is 1. The number of pyridine rings is 1. The largest absolute Gasteiger partial charge is 0.375 e. The van der Waals surface area contributed by atoms with E-state index in [1.54, 1.807) is 13.3 Å². The van der Waals surface area contributed by atoms with Crippen LogP contribution in [0.5, 0.6) is 0 Å². The zero-order valence-corrected chi connectivity index (χ0v) is 16.9. The van der Waals surface area contributed by atoms with Gasteiger partial charge in [-0.3, -0.25) is 19.5 Å². The van der Waals surface area contributed by atoms with E-state index in [1.807, 2.05) is 29.1 Å². The third-order valence-electron chi connectivity index (χ3n) is 7.14. The average molecular weight is 386 g/mol. The zero-order chi connectivity index (χ0) is 19.8. The number of hydrogen-bond acceptors (Lipinski definition) is 5. The highest BCUT2D eigenvalue weighted by atomic mass is 16.5. The molecule has 0 aliphatic carbocycles. The lowest BCUT2D eigenvalue weighted by Gasteiger charge is -2.47. The maximum atomic E-state index is 13.3. The summed E-state index contributed by atoms with van der Waals surface area (Å²) < 4.78 is 5.02. The van der Waals surface area contributed by atoms with E-state index in [9.17, 15) is 9.59 Å². The monoisotopic (exact) mass is 386 g/mol. The van der Waals surface area contributed by atoms with Crippen molar-refractivity contribution in [1.82, 2.24) is 19.7 Å². The molecule has 3 saturated heterocycles. The normalized spacial score (nSPS) is 27.3. The number of rotatable bonds is 4. The third-order valence-corrected chi connectivity index (χ3v) is 7.14. The van der Waals surface area contributed by atoms with Crippen LogP contribution < -0.4 is 0 Å². The molecule has 0 aromatic carbocycles. The Morgan fingerprint density at radius 2 is 2.00 bits per heavy atom. The molecule has 1 unspecified atom stereocenters. The molecular formula is C21H30N4O3. The highest BCUT2D eigenvalue weighted by Crippen LogP contribution is 2.57. The standard InChI is InChI=1S/C21H30N4O3/c1-23-9-7-21(19(23)27)16-24(13-17-4-3-8-22-12-17)15-20(21)5-10-25(11-6-20)18(26)14-28-2/h3-4,8,12H,5-7,9-11,13-16H2,1-2H3. The molecule has 1 aromatic heterocycles. The van der Waals surface area contributed by atoms with Crippen LogP contribution in [0.4, 0.5) is 0 Å². The second kappa shape index (κ2) is 7.44. The van der Waals surface area contributed by atoms with Crippen molar-refractivity contribution in [2.45, 2.75) is 25.8 Å². The number of fused-ring (bicyclic) bond motifs is 1. The zero-order valence-electron chi connectivity index (χ0n) is 16.9. The SMILES string of the molecule is COCC(=O)N1CCC2(CC1)CN(Cc1cccnc1)CC21CCN(C)C1=O. The van der Waals surface area contributed by atoms with E-state index >= 15 is 0 Å². The van der Waals surface area contributed by atoms with Gasteiger partial charge in [0.25, 0.3) is 0 Å². The Labute approximate surface area is 166 Å². The van der Waals surface area contributed by atoms with Gasteiger partial charge in [0.1, 0.15) is 6.61 Å². The minimum Gasteiger partial charge on any atom is -0.375 e. The Hall–Kier alpha value is -1.99. The van der Waals surface area contributed by atoms with Gasteiger partial charge in [0.05, 0.1) is 5.41 Å². The number of nitrogens with zero attached hydrogens (tertiary/aromatic N) is 4. The Balaban J connectivity index is 1.56. The molecule has 0 N–H and O–H groups in total. The fraction of sp³-hybridized carbons (Fsp3) is 0.667. The van der Waals surface area contributed by atoms with Crippen molar-refractivity contribution < 1.29 is 14.3 Å². The third kappa shape index (κ3) is 3.10. The molecule has 4 heterocycles. The first-order valence-electron chi connectivity index (χ1n) is 10.1. The van der Waals surface area contributed by atoms with Crippen LogP contribution in [0.3, 0.4) is 0 Å². The van der Waals surface area contributed by atoms with Gasteiger partial charge in [-0.1, -0.05) is 6.07 Å². The molecule has 0 saturated carbocycles. The summed E-state index contributed by atoms with van der Waals surface area (Å²) in [5.41, 5.74) is 0.808. The van der Waals surface area contributed by atoms with Gasteiger partial charge in [0.15, 0.2) is 0 Å². The van der Waals surface area contributed by atoms with Crippen LogP contribution in [0.1, 0.15) is 24.8 Å². The average Bonchev–Trinajstić information content (AvgIpc) is 3.15. The lowest BCUT2D eigenvalue weighted by Crippen LogP contribution is -2.53. The molecule has 7 nitrogen and oxygen atoms in total. The molecule has 152 valence electrons. The number of methoxy groups -OCH3 is 1. The first kappa shape index (κ1) is 19.3. The van der Waals surface area contributed by atoms with Gasteiger partial charge >= 0.3 is 0 Å². The molecule has 3 aliphatic heterocycles. The van der Waals surface area contributed by atoms with Gasteiger partial charge in [-0.2, -0.15) is 0 Å². The van der Waals surface area contributed by atoms with E-state index < -0.39 is 0 Å². The van der Waals surface area contributed by atoms with Crippen LogP contribution in [0, 0.1) is 10.8 Å². The molecule has 0 bridgehead atoms. The summed E-state index contributed by atoms with van der Waals surface area (Å²) in [4.78, 5) is 36.0. The highest BCUT2D eigenvalue weighted by Gasteiger charge is 2.64. The summed E-state index contributed by atoms with van der Waals surface area (Å²) in [6, 6.07) is 4.06. The molecule has 1 atom stereocenters. The first-order chi connectivity index (χ1) is 13.5. The molecule has 3 aliphatic rings. The van der Waals surface area contributed by atoms with Gasteiger partial charge < -0.3 is 14.5 Å². The molecule has 3 fully saturated rings. The van der Waals surface area contributed by atoms with E-state index in [0.29, 0.717) is 13.1 Å². The van der Waals surface area contributed by atoms with E-state index in [4.69, 9.17) is 4.74 Å². The quantitative estimate of drug-likeness (QED) is 0.772. The molecule has 28 heavy (non-hydrogen) atoms. The summed E-state index contributed by atoms with van der Waals surface area (Å²) in [7, 11) is 3.48. The molecular weight excluding hydrogens is 356 g/mol. The molecule has 1 aromatic rings. The van der Waals surface area contributed by atoms with Gasteiger partial charge in [0, 0.05) is 71.2 Å². The second-order valence-electron chi connectivity index (χ2n) is 8.66. The van der Waals surface area contributed by atoms with Crippen LogP contribution in [0.15, 0.2) is 24.5 Å². The van der Waals surface area contributed by atoms with Gasteiger partial charge in [-0.15, -0.1) is 0 Å². The first-order valence-corrected chi connectivity index (χ1v) is 10.1. The molecule has 0 radical (unpaired) electrons. The van der Waals surface area contributed by atoms with Crippen molar-refractivity contribution >= 4 is 11.8 Å². The van der Waals surface area contributed by atoms with Crippen LogP contribution in [0.25, 0.3) is 0 Å². The van der Waals surface area contributed by atoms with Crippen molar-refractivity contribution in [3.05, 3.63) is 30.1 Å². The lowest BCUT2D eigenvalue weighted by molar-refractivity contribution is -0.144. The number of likely N-dealkylation sites (tertiary alicyclic amines) is 3. The van der Waals surface area contributed by atoms with E-state index in [0.717, 1.165) is 45.4 Å². The Kier molecular flexibility index (Phi) is 5.14. The topological polar surface area (TPSA) is 66.0 Å².